The number of hydrogen-bond donors (Lipinski definition) is 1. The molecule has 2 aromatic rings. The number of benzene rings is 1. The second-order valence-corrected chi connectivity index (χ2v) is 6.57. The summed E-state index contributed by atoms with van der Waals surface area (Å²) in [6.07, 6.45) is -4.36. The molecule has 2 heterocycles. The van der Waals surface area contributed by atoms with Crippen LogP contribution in [0.15, 0.2) is 34.9 Å². The second kappa shape index (κ2) is 9.03. The minimum atomic E-state index is -5.00. The first-order valence-corrected chi connectivity index (χ1v) is 9.06. The van der Waals surface area contributed by atoms with Gasteiger partial charge in [-0.3, -0.25) is 14.5 Å². The number of alkyl halides is 3. The molecule has 0 aliphatic carbocycles. The summed E-state index contributed by atoms with van der Waals surface area (Å²) in [5, 5.41) is 5.59. The van der Waals surface area contributed by atoms with Crippen molar-refractivity contribution in [1.29, 1.82) is 0 Å². The normalized spacial score (nSPS) is 15.8. The maximum atomic E-state index is 12.2. The molecule has 1 aliphatic heterocycles. The Balaban J connectivity index is 1.49. The molecule has 1 aromatic carbocycles. The Hall–Kier alpha value is -2.95. The van der Waals surface area contributed by atoms with Crippen LogP contribution in [0.5, 0.6) is 0 Å². The maximum absolute atomic E-state index is 12.2. The quantitative estimate of drug-likeness (QED) is 0.801. The minimum Gasteiger partial charge on any atom is -0.340 e. The Labute approximate surface area is 164 Å². The third-order valence-electron chi connectivity index (χ3n) is 4.45. The van der Waals surface area contributed by atoms with Gasteiger partial charge < -0.3 is 14.7 Å². The van der Waals surface area contributed by atoms with Gasteiger partial charge in [-0.15, -0.1) is 0 Å². The lowest BCUT2D eigenvalue weighted by molar-refractivity contribution is -0.174. The predicted octanol–water partition coefficient (Wildman–Crippen LogP) is 1.45. The fraction of sp³-hybridized carbons (Fsp3) is 0.444. The van der Waals surface area contributed by atoms with Crippen LogP contribution in [0.4, 0.5) is 13.2 Å². The summed E-state index contributed by atoms with van der Waals surface area (Å²) < 4.78 is 41.9. The zero-order valence-corrected chi connectivity index (χ0v) is 15.5. The van der Waals surface area contributed by atoms with E-state index in [-0.39, 0.29) is 0 Å². The summed E-state index contributed by atoms with van der Waals surface area (Å²) in [5.41, 5.74) is 0.819. The van der Waals surface area contributed by atoms with Crippen molar-refractivity contribution in [2.24, 2.45) is 0 Å². The van der Waals surface area contributed by atoms with E-state index in [1.807, 2.05) is 35.2 Å². The average molecular weight is 411 g/mol. The third kappa shape index (κ3) is 5.76. The fourth-order valence-electron chi connectivity index (χ4n) is 2.96. The fourth-order valence-corrected chi connectivity index (χ4v) is 2.96. The van der Waals surface area contributed by atoms with Crippen LogP contribution in [0.2, 0.25) is 0 Å². The number of amides is 2. The highest BCUT2D eigenvalue weighted by atomic mass is 19.4. The molecule has 0 radical (unpaired) electrons. The van der Waals surface area contributed by atoms with E-state index in [9.17, 15) is 22.8 Å². The number of nitrogens with zero attached hydrogens (tertiary/aromatic N) is 4. The number of carbonyl (C=O) groups excluding carboxylic acids is 2. The Morgan fingerprint density at radius 1 is 1.10 bits per heavy atom. The van der Waals surface area contributed by atoms with Crippen LogP contribution in [-0.4, -0.2) is 70.7 Å². The van der Waals surface area contributed by atoms with E-state index in [0.717, 1.165) is 5.56 Å². The molecule has 1 fully saturated rings. The third-order valence-corrected chi connectivity index (χ3v) is 4.45. The van der Waals surface area contributed by atoms with E-state index < -0.39 is 24.5 Å². The van der Waals surface area contributed by atoms with Gasteiger partial charge in [-0.1, -0.05) is 23.4 Å². The highest BCUT2D eigenvalue weighted by Gasteiger charge is 2.38. The molecule has 0 unspecified atom stereocenters. The van der Waals surface area contributed by atoms with Crippen LogP contribution >= 0.6 is 0 Å². The van der Waals surface area contributed by atoms with Crippen molar-refractivity contribution < 1.29 is 27.3 Å². The molecule has 8 nitrogen and oxygen atoms in total. The summed E-state index contributed by atoms with van der Waals surface area (Å²) in [6, 6.07) is 9.36. The molecule has 0 saturated carbocycles. The molecule has 11 heteroatoms. The number of rotatable bonds is 5. The molecule has 1 N–H and O–H groups in total. The number of aromatic nitrogens is 2. The molecule has 1 saturated heterocycles. The van der Waals surface area contributed by atoms with E-state index >= 15 is 0 Å². The highest BCUT2D eigenvalue weighted by molar-refractivity contribution is 5.87. The molecule has 3 rings (SSSR count). The SMILES string of the molecule is O=C(CNC(=O)C(F)(F)F)N1CCCN(Cc2noc(-c3ccccc3)n2)CC1. The number of nitrogens with one attached hydrogen (secondary N) is 1. The van der Waals surface area contributed by atoms with Gasteiger partial charge in [-0.2, -0.15) is 18.2 Å². The lowest BCUT2D eigenvalue weighted by Gasteiger charge is -2.21. The standard InChI is InChI=1S/C18H20F3N5O3/c19-18(20,21)17(28)22-11-15(27)26-8-4-7-25(9-10-26)12-14-23-16(29-24-14)13-5-2-1-3-6-13/h1-3,5-6H,4,7-12H2,(H,22,28). The van der Waals surface area contributed by atoms with Crippen molar-refractivity contribution in [3.63, 3.8) is 0 Å². The molecular formula is C18H20F3N5O3. The Bertz CT molecular complexity index is 841. The van der Waals surface area contributed by atoms with Crippen molar-refractivity contribution in [2.45, 2.75) is 19.1 Å². The van der Waals surface area contributed by atoms with Crippen molar-refractivity contribution in [1.82, 2.24) is 25.3 Å². The first-order chi connectivity index (χ1) is 13.8. The Morgan fingerprint density at radius 2 is 1.86 bits per heavy atom. The molecule has 0 spiro atoms. The molecule has 29 heavy (non-hydrogen) atoms. The number of hydrogen-bond acceptors (Lipinski definition) is 6. The van der Waals surface area contributed by atoms with Gasteiger partial charge in [0.05, 0.1) is 13.1 Å². The van der Waals surface area contributed by atoms with E-state index in [2.05, 4.69) is 10.1 Å². The highest BCUT2D eigenvalue weighted by Crippen LogP contribution is 2.17. The van der Waals surface area contributed by atoms with E-state index in [0.29, 0.717) is 50.9 Å². The molecule has 1 aromatic heterocycles. The van der Waals surface area contributed by atoms with Crippen molar-refractivity contribution >= 4 is 11.8 Å². The monoisotopic (exact) mass is 411 g/mol. The van der Waals surface area contributed by atoms with Gasteiger partial charge in [0, 0.05) is 31.7 Å². The van der Waals surface area contributed by atoms with Crippen LogP contribution in [0.3, 0.4) is 0 Å². The second-order valence-electron chi connectivity index (χ2n) is 6.57. The largest absolute Gasteiger partial charge is 0.471 e. The maximum Gasteiger partial charge on any atom is 0.471 e. The first-order valence-electron chi connectivity index (χ1n) is 9.06. The molecule has 0 atom stereocenters. The van der Waals surface area contributed by atoms with Crippen molar-refractivity contribution in [2.75, 3.05) is 32.7 Å². The summed E-state index contributed by atoms with van der Waals surface area (Å²) in [6.45, 7) is 1.68. The van der Waals surface area contributed by atoms with Gasteiger partial charge >= 0.3 is 12.1 Å². The lowest BCUT2D eigenvalue weighted by atomic mass is 10.2. The van der Waals surface area contributed by atoms with Crippen LogP contribution in [0, 0.1) is 0 Å². The van der Waals surface area contributed by atoms with Crippen LogP contribution in [0.25, 0.3) is 11.5 Å². The average Bonchev–Trinajstić information content (AvgIpc) is 3.03. The number of carbonyl (C=O) groups is 2. The number of halogens is 3. The first kappa shape index (κ1) is 20.8. The summed E-state index contributed by atoms with van der Waals surface area (Å²) in [4.78, 5) is 30.8. The molecular weight excluding hydrogens is 391 g/mol. The molecule has 0 bridgehead atoms. The molecule has 156 valence electrons. The van der Waals surface area contributed by atoms with Crippen LogP contribution in [0.1, 0.15) is 12.2 Å². The summed E-state index contributed by atoms with van der Waals surface area (Å²) in [7, 11) is 0. The van der Waals surface area contributed by atoms with Gasteiger partial charge in [-0.25, -0.2) is 0 Å². The van der Waals surface area contributed by atoms with Crippen molar-refractivity contribution in [3.8, 4) is 11.5 Å². The van der Waals surface area contributed by atoms with Gasteiger partial charge in [0.25, 0.3) is 5.89 Å². The van der Waals surface area contributed by atoms with E-state index in [1.165, 1.54) is 4.90 Å². The zero-order chi connectivity index (χ0) is 20.9. The zero-order valence-electron chi connectivity index (χ0n) is 15.5. The smallest absolute Gasteiger partial charge is 0.340 e. The van der Waals surface area contributed by atoms with Crippen LogP contribution < -0.4 is 5.32 Å². The van der Waals surface area contributed by atoms with Gasteiger partial charge in [0.15, 0.2) is 5.82 Å². The summed E-state index contributed by atoms with van der Waals surface area (Å²) >= 11 is 0. The van der Waals surface area contributed by atoms with E-state index in [1.54, 1.807) is 5.32 Å². The van der Waals surface area contributed by atoms with Crippen LogP contribution in [-0.2, 0) is 16.1 Å². The van der Waals surface area contributed by atoms with E-state index in [4.69, 9.17) is 4.52 Å². The van der Waals surface area contributed by atoms with Gasteiger partial charge in [-0.05, 0) is 18.6 Å². The topological polar surface area (TPSA) is 91.6 Å². The van der Waals surface area contributed by atoms with Gasteiger partial charge in [0.2, 0.25) is 5.91 Å². The molecule has 1 aliphatic rings. The van der Waals surface area contributed by atoms with Gasteiger partial charge in [0.1, 0.15) is 0 Å². The summed E-state index contributed by atoms with van der Waals surface area (Å²) in [5.74, 6) is -1.72. The Morgan fingerprint density at radius 3 is 2.59 bits per heavy atom. The lowest BCUT2D eigenvalue weighted by Crippen LogP contribution is -2.45. The minimum absolute atomic E-state index is 0.337. The Kier molecular flexibility index (Phi) is 6.47. The van der Waals surface area contributed by atoms with Crippen molar-refractivity contribution in [3.05, 3.63) is 36.2 Å². The predicted molar refractivity (Wildman–Crippen MR) is 95.3 cm³/mol. The molecule has 2 amide bonds.